The van der Waals surface area contributed by atoms with Crippen molar-refractivity contribution in [2.24, 2.45) is 0 Å². The summed E-state index contributed by atoms with van der Waals surface area (Å²) in [6, 6.07) is 12.4. The highest BCUT2D eigenvalue weighted by molar-refractivity contribution is 5.63. The number of aromatic nitrogens is 2. The molecule has 0 aliphatic rings. The van der Waals surface area contributed by atoms with E-state index < -0.39 is 11.8 Å². The smallest absolute Gasteiger partial charge is 0.231 e. The zero-order chi connectivity index (χ0) is 18.1. The summed E-state index contributed by atoms with van der Waals surface area (Å²) in [5, 5.41) is 0. The lowest BCUT2D eigenvalue weighted by atomic mass is 9.92. The van der Waals surface area contributed by atoms with Gasteiger partial charge in [-0.15, -0.1) is 0 Å². The number of rotatable bonds is 4. The number of benzene rings is 2. The van der Waals surface area contributed by atoms with Gasteiger partial charge in [0, 0.05) is 0 Å². The van der Waals surface area contributed by atoms with Crippen LogP contribution in [0.2, 0.25) is 0 Å². The van der Waals surface area contributed by atoms with Gasteiger partial charge in [0.2, 0.25) is 5.95 Å². The lowest BCUT2D eigenvalue weighted by Gasteiger charge is -2.21. The van der Waals surface area contributed by atoms with Crippen molar-refractivity contribution in [3.8, 4) is 17.1 Å². The maximum Gasteiger partial charge on any atom is 0.231 e. The van der Waals surface area contributed by atoms with E-state index >= 15 is 0 Å². The molecule has 25 heavy (non-hydrogen) atoms. The van der Waals surface area contributed by atoms with Gasteiger partial charge in [-0.1, -0.05) is 58.0 Å². The molecule has 2 nitrogen and oxygen atoms in total. The summed E-state index contributed by atoms with van der Waals surface area (Å²) in [5.41, 5.74) is 3.35. The van der Waals surface area contributed by atoms with Crippen LogP contribution in [-0.4, -0.2) is 9.55 Å². The first-order valence-corrected chi connectivity index (χ1v) is 8.53. The van der Waals surface area contributed by atoms with Crippen LogP contribution in [0, 0.1) is 11.8 Å². The Bertz CT molecular complexity index is 868. The SMILES string of the molecule is CC(C)c1cccc(C(C)C)c1-n1cc(F)nc1-c1ccccc1F. The fourth-order valence-corrected chi connectivity index (χ4v) is 3.14. The second-order valence-corrected chi connectivity index (χ2v) is 6.83. The van der Waals surface area contributed by atoms with Gasteiger partial charge in [0.25, 0.3) is 0 Å². The summed E-state index contributed by atoms with van der Waals surface area (Å²) in [7, 11) is 0. The van der Waals surface area contributed by atoms with Gasteiger partial charge < -0.3 is 0 Å². The molecule has 3 rings (SSSR count). The molecule has 0 bridgehead atoms. The molecule has 0 fully saturated rings. The summed E-state index contributed by atoms with van der Waals surface area (Å²) in [6.45, 7) is 8.38. The van der Waals surface area contributed by atoms with Gasteiger partial charge in [-0.3, -0.25) is 4.57 Å². The van der Waals surface area contributed by atoms with Crippen LogP contribution in [0.25, 0.3) is 17.1 Å². The molecule has 0 N–H and O–H groups in total. The highest BCUT2D eigenvalue weighted by atomic mass is 19.1. The third-order valence-corrected chi connectivity index (χ3v) is 4.37. The molecule has 4 heteroatoms. The normalized spacial score (nSPS) is 11.5. The molecule has 0 aliphatic carbocycles. The Morgan fingerprint density at radius 3 is 2.00 bits per heavy atom. The van der Waals surface area contributed by atoms with Crippen molar-refractivity contribution in [3.63, 3.8) is 0 Å². The van der Waals surface area contributed by atoms with Crippen molar-refractivity contribution < 1.29 is 8.78 Å². The summed E-state index contributed by atoms with van der Waals surface area (Å²) < 4.78 is 30.1. The summed E-state index contributed by atoms with van der Waals surface area (Å²) in [5.74, 6) is -0.264. The second-order valence-electron chi connectivity index (χ2n) is 6.83. The average Bonchev–Trinajstić information content (AvgIpc) is 2.95. The first-order valence-electron chi connectivity index (χ1n) is 8.53. The van der Waals surface area contributed by atoms with Crippen LogP contribution in [0.15, 0.2) is 48.7 Å². The monoisotopic (exact) mass is 340 g/mol. The largest absolute Gasteiger partial charge is 0.296 e. The van der Waals surface area contributed by atoms with E-state index in [1.807, 2.05) is 18.2 Å². The predicted molar refractivity (Wildman–Crippen MR) is 97.1 cm³/mol. The number of imidazole rings is 1. The zero-order valence-corrected chi connectivity index (χ0v) is 14.9. The van der Waals surface area contributed by atoms with E-state index in [9.17, 15) is 8.78 Å². The van der Waals surface area contributed by atoms with Crippen LogP contribution in [0.3, 0.4) is 0 Å². The molecule has 0 spiro atoms. The third-order valence-electron chi connectivity index (χ3n) is 4.37. The van der Waals surface area contributed by atoms with Gasteiger partial charge in [-0.05, 0) is 35.1 Å². The van der Waals surface area contributed by atoms with E-state index in [0.29, 0.717) is 5.56 Å². The molecular weight excluding hydrogens is 318 g/mol. The van der Waals surface area contributed by atoms with Gasteiger partial charge in [0.1, 0.15) is 5.82 Å². The van der Waals surface area contributed by atoms with Gasteiger partial charge in [-0.25, -0.2) is 4.39 Å². The van der Waals surface area contributed by atoms with Gasteiger partial charge in [-0.2, -0.15) is 9.37 Å². The van der Waals surface area contributed by atoms with E-state index in [0.717, 1.165) is 16.8 Å². The Morgan fingerprint density at radius 1 is 0.840 bits per heavy atom. The summed E-state index contributed by atoms with van der Waals surface area (Å²) in [6.07, 6.45) is 1.34. The van der Waals surface area contributed by atoms with Crippen LogP contribution < -0.4 is 0 Å². The fourth-order valence-electron chi connectivity index (χ4n) is 3.14. The Kier molecular flexibility index (Phi) is 4.71. The van der Waals surface area contributed by atoms with Crippen molar-refractivity contribution in [1.29, 1.82) is 0 Å². The maximum atomic E-state index is 14.3. The van der Waals surface area contributed by atoms with Crippen molar-refractivity contribution in [1.82, 2.24) is 9.55 Å². The van der Waals surface area contributed by atoms with Crippen LogP contribution >= 0.6 is 0 Å². The van der Waals surface area contributed by atoms with Crippen LogP contribution in [0.4, 0.5) is 8.78 Å². The first kappa shape index (κ1) is 17.3. The molecule has 0 saturated carbocycles. The Morgan fingerprint density at radius 2 is 1.44 bits per heavy atom. The van der Waals surface area contributed by atoms with E-state index in [1.165, 1.54) is 12.3 Å². The summed E-state index contributed by atoms with van der Waals surface area (Å²) >= 11 is 0. The van der Waals surface area contributed by atoms with Crippen molar-refractivity contribution in [3.05, 3.63) is 71.6 Å². The van der Waals surface area contributed by atoms with Crippen LogP contribution in [0.1, 0.15) is 50.7 Å². The molecule has 1 aromatic heterocycles. The Labute approximate surface area is 147 Å². The van der Waals surface area contributed by atoms with E-state index in [1.54, 1.807) is 22.8 Å². The van der Waals surface area contributed by atoms with Crippen LogP contribution in [-0.2, 0) is 0 Å². The minimum absolute atomic E-state index is 0.243. The highest BCUT2D eigenvalue weighted by Crippen LogP contribution is 2.34. The van der Waals surface area contributed by atoms with Gasteiger partial charge in [0.15, 0.2) is 5.82 Å². The minimum Gasteiger partial charge on any atom is -0.296 e. The van der Waals surface area contributed by atoms with Gasteiger partial charge in [0.05, 0.1) is 17.4 Å². The minimum atomic E-state index is -0.619. The average molecular weight is 340 g/mol. The predicted octanol–water partition coefficient (Wildman–Crippen LogP) is 6.06. The number of para-hydroxylation sites is 1. The van der Waals surface area contributed by atoms with E-state index in [2.05, 4.69) is 32.7 Å². The zero-order valence-electron chi connectivity index (χ0n) is 14.9. The van der Waals surface area contributed by atoms with Crippen molar-refractivity contribution in [2.45, 2.75) is 39.5 Å². The molecule has 130 valence electrons. The lowest BCUT2D eigenvalue weighted by molar-refractivity contribution is 0.589. The quantitative estimate of drug-likeness (QED) is 0.564. The number of halogens is 2. The van der Waals surface area contributed by atoms with Gasteiger partial charge >= 0.3 is 0 Å². The van der Waals surface area contributed by atoms with E-state index in [4.69, 9.17) is 0 Å². The fraction of sp³-hybridized carbons (Fsp3) is 0.286. The topological polar surface area (TPSA) is 17.8 Å². The number of hydrogen-bond acceptors (Lipinski definition) is 1. The standard InChI is InChI=1S/C21H22F2N2/c1-13(2)15-9-7-10-16(14(3)4)20(15)25-12-19(23)24-21(25)17-8-5-6-11-18(17)22/h5-14H,1-4H3. The van der Waals surface area contributed by atoms with Crippen molar-refractivity contribution >= 4 is 0 Å². The molecular formula is C21H22F2N2. The molecule has 0 radical (unpaired) electrons. The third kappa shape index (κ3) is 3.21. The molecule has 0 amide bonds. The molecule has 3 aromatic rings. The maximum absolute atomic E-state index is 14.3. The van der Waals surface area contributed by atoms with Crippen molar-refractivity contribution in [2.75, 3.05) is 0 Å². The molecule has 0 atom stereocenters. The van der Waals surface area contributed by atoms with E-state index in [-0.39, 0.29) is 17.7 Å². The highest BCUT2D eigenvalue weighted by Gasteiger charge is 2.21. The Hall–Kier alpha value is -2.49. The lowest BCUT2D eigenvalue weighted by Crippen LogP contribution is -2.08. The molecule has 1 heterocycles. The number of hydrogen-bond donors (Lipinski definition) is 0. The second kappa shape index (κ2) is 6.79. The summed E-state index contributed by atoms with van der Waals surface area (Å²) in [4.78, 5) is 3.98. The Balaban J connectivity index is 2.34. The molecule has 0 saturated heterocycles. The molecule has 0 aliphatic heterocycles. The number of nitrogens with zero attached hydrogens (tertiary/aromatic N) is 2. The first-order chi connectivity index (χ1) is 11.9. The molecule has 2 aromatic carbocycles. The molecule has 0 unspecified atom stereocenters. The van der Waals surface area contributed by atoms with Crippen LogP contribution in [0.5, 0.6) is 0 Å².